The number of fused-ring (bicyclic) bond motifs is 1. The average molecular weight is 484 g/mol. The van der Waals surface area contributed by atoms with Gasteiger partial charge in [-0.1, -0.05) is 30.3 Å². The molecule has 1 saturated heterocycles. The summed E-state index contributed by atoms with van der Waals surface area (Å²) in [6.07, 6.45) is -1.93. The summed E-state index contributed by atoms with van der Waals surface area (Å²) < 4.78 is 45.8. The van der Waals surface area contributed by atoms with Crippen molar-refractivity contribution in [1.29, 1.82) is 0 Å². The molecule has 11 heteroatoms. The molecule has 0 N–H and O–H groups in total. The fourth-order valence-corrected chi connectivity index (χ4v) is 4.34. The van der Waals surface area contributed by atoms with Crippen molar-refractivity contribution in [3.05, 3.63) is 78.0 Å². The van der Waals surface area contributed by atoms with Crippen molar-refractivity contribution in [2.75, 3.05) is 18.0 Å². The molecule has 35 heavy (non-hydrogen) atoms. The summed E-state index contributed by atoms with van der Waals surface area (Å²) in [6.45, 7) is 1.83. The first-order valence-corrected chi connectivity index (χ1v) is 11.3. The molecule has 4 aromatic rings. The zero-order valence-corrected chi connectivity index (χ0v) is 18.7. The van der Waals surface area contributed by atoms with Gasteiger partial charge in [-0.25, -0.2) is 0 Å². The van der Waals surface area contributed by atoms with Gasteiger partial charge < -0.3 is 14.2 Å². The normalized spacial score (nSPS) is 15.0. The highest BCUT2D eigenvalue weighted by atomic mass is 19.4. The average Bonchev–Trinajstić information content (AvgIpc) is 3.53. The first-order chi connectivity index (χ1) is 16.9. The Kier molecular flexibility index (Phi) is 6.14. The van der Waals surface area contributed by atoms with Gasteiger partial charge in [0.25, 0.3) is 5.82 Å². The van der Waals surface area contributed by atoms with Gasteiger partial charge in [-0.3, -0.25) is 4.79 Å². The minimum absolute atomic E-state index is 0.0284. The van der Waals surface area contributed by atoms with Crippen molar-refractivity contribution in [2.24, 2.45) is 5.92 Å². The van der Waals surface area contributed by atoms with Gasteiger partial charge >= 0.3 is 6.18 Å². The highest BCUT2D eigenvalue weighted by Gasteiger charge is 2.38. The molecular formula is C24H23F3N6O2. The summed E-state index contributed by atoms with van der Waals surface area (Å²) in [4.78, 5) is 17.2. The third kappa shape index (κ3) is 4.98. The van der Waals surface area contributed by atoms with Crippen LogP contribution in [-0.2, 0) is 24.1 Å². The maximum Gasteiger partial charge on any atom is 0.453 e. The molecule has 0 radical (unpaired) electrons. The minimum atomic E-state index is -4.65. The number of nitrogens with zero attached hydrogens (tertiary/aromatic N) is 6. The highest BCUT2D eigenvalue weighted by molar-refractivity contribution is 5.79. The van der Waals surface area contributed by atoms with Crippen molar-refractivity contribution in [3.8, 4) is 0 Å². The number of furan rings is 1. The topological polar surface area (TPSA) is 79.8 Å². The fraction of sp³-hybridized carbons (Fsp3) is 0.333. The molecular weight excluding hydrogens is 461 g/mol. The number of halogens is 3. The van der Waals surface area contributed by atoms with Crippen LogP contribution in [0.4, 0.5) is 19.0 Å². The van der Waals surface area contributed by atoms with Crippen LogP contribution in [0.25, 0.3) is 5.65 Å². The van der Waals surface area contributed by atoms with Crippen LogP contribution in [0, 0.1) is 5.92 Å². The van der Waals surface area contributed by atoms with Gasteiger partial charge in [0, 0.05) is 25.6 Å². The van der Waals surface area contributed by atoms with Gasteiger partial charge in [-0.15, -0.1) is 15.3 Å². The second kappa shape index (κ2) is 9.40. The van der Waals surface area contributed by atoms with Gasteiger partial charge in [0.05, 0.1) is 12.8 Å². The van der Waals surface area contributed by atoms with Crippen molar-refractivity contribution < 1.29 is 22.4 Å². The third-order valence-corrected chi connectivity index (χ3v) is 6.13. The van der Waals surface area contributed by atoms with Gasteiger partial charge in [0.2, 0.25) is 5.91 Å². The molecule has 1 amide bonds. The van der Waals surface area contributed by atoms with E-state index < -0.39 is 12.0 Å². The number of rotatable bonds is 6. The molecule has 3 aromatic heterocycles. The Bertz CT molecular complexity index is 1280. The second-order valence-corrected chi connectivity index (χ2v) is 8.50. The van der Waals surface area contributed by atoms with Crippen LogP contribution in [0.15, 0.2) is 65.3 Å². The summed E-state index contributed by atoms with van der Waals surface area (Å²) in [6, 6.07) is 16.5. The summed E-state index contributed by atoms with van der Waals surface area (Å²) >= 11 is 0. The second-order valence-electron chi connectivity index (χ2n) is 8.50. The molecule has 0 spiro atoms. The lowest BCUT2D eigenvalue weighted by molar-refractivity contribution is -0.146. The van der Waals surface area contributed by atoms with E-state index in [1.165, 1.54) is 6.07 Å². The van der Waals surface area contributed by atoms with Gasteiger partial charge in [0.1, 0.15) is 11.6 Å². The molecule has 1 fully saturated rings. The SMILES string of the molecule is O=C(C1CCN(c2ccc3nnc(C(F)(F)F)n3n2)CC1)N(Cc1ccccc1)Cc1ccco1. The summed E-state index contributed by atoms with van der Waals surface area (Å²) in [7, 11) is 0. The van der Waals surface area contributed by atoms with Crippen molar-refractivity contribution in [1.82, 2.24) is 24.7 Å². The largest absolute Gasteiger partial charge is 0.467 e. The Labute approximate surface area is 199 Å². The van der Waals surface area contributed by atoms with E-state index >= 15 is 0 Å². The third-order valence-electron chi connectivity index (χ3n) is 6.13. The lowest BCUT2D eigenvalue weighted by Crippen LogP contribution is -2.42. The molecule has 1 aromatic carbocycles. The number of carbonyl (C=O) groups excluding carboxylic acids is 1. The number of carbonyl (C=O) groups is 1. The molecule has 1 aliphatic rings. The Balaban J connectivity index is 1.29. The molecule has 0 unspecified atom stereocenters. The van der Waals surface area contributed by atoms with Crippen LogP contribution in [0.3, 0.4) is 0 Å². The van der Waals surface area contributed by atoms with E-state index in [0.717, 1.165) is 10.1 Å². The molecule has 8 nitrogen and oxygen atoms in total. The smallest absolute Gasteiger partial charge is 0.453 e. The summed E-state index contributed by atoms with van der Waals surface area (Å²) in [5.74, 6) is -0.223. The van der Waals surface area contributed by atoms with Crippen molar-refractivity contribution in [2.45, 2.75) is 32.1 Å². The van der Waals surface area contributed by atoms with E-state index in [1.807, 2.05) is 41.3 Å². The van der Waals surface area contributed by atoms with Gasteiger partial charge in [-0.05, 0) is 42.7 Å². The van der Waals surface area contributed by atoms with E-state index in [-0.39, 0.29) is 17.5 Å². The Morgan fingerprint density at radius 2 is 1.77 bits per heavy atom. The monoisotopic (exact) mass is 484 g/mol. The van der Waals surface area contributed by atoms with Gasteiger partial charge in [0.15, 0.2) is 5.65 Å². The van der Waals surface area contributed by atoms with E-state index in [4.69, 9.17) is 4.42 Å². The molecule has 0 atom stereocenters. The van der Waals surface area contributed by atoms with Crippen LogP contribution in [-0.4, -0.2) is 43.7 Å². The Morgan fingerprint density at radius 1 is 1.00 bits per heavy atom. The van der Waals surface area contributed by atoms with Crippen LogP contribution in [0.1, 0.15) is 30.0 Å². The lowest BCUT2D eigenvalue weighted by atomic mass is 9.95. The van der Waals surface area contributed by atoms with Gasteiger partial charge in [-0.2, -0.15) is 17.7 Å². The number of anilines is 1. The van der Waals surface area contributed by atoms with E-state index in [9.17, 15) is 18.0 Å². The number of aromatic nitrogens is 4. The summed E-state index contributed by atoms with van der Waals surface area (Å²) in [5.41, 5.74) is 1.05. The highest BCUT2D eigenvalue weighted by Crippen LogP contribution is 2.29. The molecule has 4 heterocycles. The van der Waals surface area contributed by atoms with Crippen LogP contribution >= 0.6 is 0 Å². The van der Waals surface area contributed by atoms with E-state index in [1.54, 1.807) is 23.3 Å². The Hall–Kier alpha value is -3.89. The zero-order valence-electron chi connectivity index (χ0n) is 18.7. The molecule has 5 rings (SSSR count). The van der Waals surface area contributed by atoms with E-state index in [0.29, 0.717) is 50.6 Å². The van der Waals surface area contributed by atoms with E-state index in [2.05, 4.69) is 15.3 Å². The molecule has 1 aliphatic heterocycles. The number of hydrogen-bond donors (Lipinski definition) is 0. The molecule has 0 aliphatic carbocycles. The number of amides is 1. The Morgan fingerprint density at radius 3 is 2.46 bits per heavy atom. The number of alkyl halides is 3. The lowest BCUT2D eigenvalue weighted by Gasteiger charge is -2.34. The van der Waals surface area contributed by atoms with Crippen molar-refractivity contribution >= 4 is 17.4 Å². The fourth-order valence-electron chi connectivity index (χ4n) is 4.34. The number of hydrogen-bond acceptors (Lipinski definition) is 6. The zero-order chi connectivity index (χ0) is 24.4. The first-order valence-electron chi connectivity index (χ1n) is 11.3. The molecule has 0 saturated carbocycles. The predicted molar refractivity (Wildman–Crippen MR) is 120 cm³/mol. The van der Waals surface area contributed by atoms with Crippen LogP contribution < -0.4 is 4.90 Å². The number of benzene rings is 1. The summed E-state index contributed by atoms with van der Waals surface area (Å²) in [5, 5.41) is 10.9. The first kappa shape index (κ1) is 22.9. The van der Waals surface area contributed by atoms with Crippen LogP contribution in [0.5, 0.6) is 0 Å². The number of piperidine rings is 1. The maximum absolute atomic E-state index is 13.5. The molecule has 182 valence electrons. The van der Waals surface area contributed by atoms with Crippen LogP contribution in [0.2, 0.25) is 0 Å². The molecule has 0 bridgehead atoms. The minimum Gasteiger partial charge on any atom is -0.467 e. The quantitative estimate of drug-likeness (QED) is 0.409. The predicted octanol–water partition coefficient (Wildman–Crippen LogP) is 4.18. The van der Waals surface area contributed by atoms with Crippen molar-refractivity contribution in [3.63, 3.8) is 0 Å². The maximum atomic E-state index is 13.5. The standard InChI is InChI=1S/C24H23F3N6O2/c25-24(26,27)23-29-28-20-8-9-21(30-33(20)23)31-12-10-18(11-13-31)22(34)32(16-19-7-4-14-35-19)15-17-5-2-1-3-6-17/h1-9,14,18H,10-13,15-16H2.